The van der Waals surface area contributed by atoms with E-state index in [1.807, 2.05) is 26.8 Å². The number of carbonyl (C=O) groups excluding carboxylic acids is 3. The van der Waals surface area contributed by atoms with Crippen molar-refractivity contribution in [1.82, 2.24) is 0 Å². The third-order valence-corrected chi connectivity index (χ3v) is 13.6. The molecule has 228 valence electrons. The van der Waals surface area contributed by atoms with E-state index >= 15 is 0 Å². The lowest BCUT2D eigenvalue weighted by atomic mass is 9.34. The van der Waals surface area contributed by atoms with Gasteiger partial charge in [0.1, 0.15) is 35.1 Å². The fraction of sp³-hybridized carbons (Fsp3) is 0.788. The molecule has 1 aromatic heterocycles. The second kappa shape index (κ2) is 7.52. The number of furan rings is 1. The van der Waals surface area contributed by atoms with Crippen LogP contribution in [-0.4, -0.2) is 52.7 Å². The zero-order chi connectivity index (χ0) is 30.0. The van der Waals surface area contributed by atoms with Gasteiger partial charge in [-0.15, -0.1) is 0 Å². The number of hydrogen-bond donors (Lipinski definition) is 0. The predicted octanol–water partition coefficient (Wildman–Crippen LogP) is 4.60. The number of ketones is 1. The van der Waals surface area contributed by atoms with Crippen molar-refractivity contribution in [2.24, 2.45) is 45.8 Å². The third kappa shape index (κ3) is 2.54. The quantitative estimate of drug-likeness (QED) is 0.363. The molecule has 4 bridgehead atoms. The predicted molar refractivity (Wildman–Crippen MR) is 145 cm³/mol. The molecule has 3 spiro atoms. The maximum Gasteiger partial charge on any atom is 0.317 e. The number of esters is 2. The number of Topliss-reactive ketones (excluding diaryl/α,β-unsaturated/α-hetero) is 1. The molecule has 13 atom stereocenters. The lowest BCUT2D eigenvalue weighted by molar-refractivity contribution is -0.456. The molecule has 0 aromatic carbocycles. The standard InChI is InChI=1S/C33H42O9/c1-16(2)22(35)20-23-27(5,13-19-9-12-37-14-19)10-11-32-29(7)17(3)28(6)15-31(29)21(24(28)38-18(4)34)25(39-26(20)36)33(23,32)42-30(8,40-31)41-32/h9,12,14,16-17,20-21,23-25H,10-11,13,15H2,1-8H3. The molecular formula is C33H42O9. The van der Waals surface area contributed by atoms with E-state index < -0.39 is 75.0 Å². The molecule has 4 saturated carbocycles. The van der Waals surface area contributed by atoms with Crippen LogP contribution >= 0.6 is 0 Å². The van der Waals surface area contributed by atoms with Gasteiger partial charge in [-0.1, -0.05) is 41.5 Å². The Morgan fingerprint density at radius 2 is 1.83 bits per heavy atom. The first-order chi connectivity index (χ1) is 19.6. The van der Waals surface area contributed by atoms with E-state index in [2.05, 4.69) is 27.7 Å². The van der Waals surface area contributed by atoms with Crippen molar-refractivity contribution in [3.63, 3.8) is 0 Å². The Labute approximate surface area is 246 Å². The van der Waals surface area contributed by atoms with E-state index in [4.69, 9.17) is 28.1 Å². The summed E-state index contributed by atoms with van der Waals surface area (Å²) in [7, 11) is 0. The normalized spacial score (nSPS) is 56.0. The highest BCUT2D eigenvalue weighted by Gasteiger charge is 3.00. The van der Waals surface area contributed by atoms with Crippen molar-refractivity contribution in [1.29, 1.82) is 0 Å². The molecule has 0 amide bonds. The van der Waals surface area contributed by atoms with Crippen molar-refractivity contribution in [2.75, 3.05) is 0 Å². The van der Waals surface area contributed by atoms with Crippen LogP contribution in [-0.2, 0) is 44.5 Å². The molecule has 9 heteroatoms. The maximum absolute atomic E-state index is 14.3. The Bertz CT molecular complexity index is 1420. The first kappa shape index (κ1) is 27.3. The first-order valence-corrected chi connectivity index (χ1v) is 15.6. The fourth-order valence-electron chi connectivity index (χ4n) is 12.3. The topological polar surface area (TPSA) is 111 Å². The Morgan fingerprint density at radius 1 is 1.10 bits per heavy atom. The zero-order valence-corrected chi connectivity index (χ0v) is 25.8. The Hall–Kier alpha value is -2.23. The summed E-state index contributed by atoms with van der Waals surface area (Å²) in [4.78, 5) is 41.1. The second-order valence-electron chi connectivity index (χ2n) is 15.7. The van der Waals surface area contributed by atoms with Gasteiger partial charge < -0.3 is 28.1 Å². The van der Waals surface area contributed by atoms with Crippen LogP contribution < -0.4 is 0 Å². The molecule has 0 radical (unpaired) electrons. The zero-order valence-electron chi connectivity index (χ0n) is 25.8. The Balaban J connectivity index is 1.43. The van der Waals surface area contributed by atoms with Gasteiger partial charge in [-0.3, -0.25) is 14.4 Å². The maximum atomic E-state index is 14.3. The van der Waals surface area contributed by atoms with Crippen molar-refractivity contribution >= 4 is 17.7 Å². The summed E-state index contributed by atoms with van der Waals surface area (Å²) in [5, 5.41) is 0. The van der Waals surface area contributed by atoms with Crippen molar-refractivity contribution < 1.29 is 42.5 Å². The van der Waals surface area contributed by atoms with Crippen LogP contribution in [0.2, 0.25) is 0 Å². The molecule has 4 aliphatic carbocycles. The van der Waals surface area contributed by atoms with Crippen LogP contribution in [0.25, 0.3) is 0 Å². The summed E-state index contributed by atoms with van der Waals surface area (Å²) in [6.07, 6.45) is 4.65. The number of carbonyl (C=O) groups is 3. The molecule has 3 aliphatic heterocycles. The molecule has 9 nitrogen and oxygen atoms in total. The fourth-order valence-corrected chi connectivity index (χ4v) is 12.3. The SMILES string of the molecule is CC(=O)OC1C2C3OC(=O)C(C(=O)C(C)C)C4C(C)(Cc5ccoc5)CCC56OC(C)(OC27CC1(C)C(C)C75C)OC346. The van der Waals surface area contributed by atoms with Gasteiger partial charge in [0.15, 0.2) is 0 Å². The summed E-state index contributed by atoms with van der Waals surface area (Å²) in [6, 6.07) is 1.94. The van der Waals surface area contributed by atoms with Gasteiger partial charge in [0.05, 0.1) is 24.0 Å². The first-order valence-electron chi connectivity index (χ1n) is 15.6. The van der Waals surface area contributed by atoms with Crippen LogP contribution in [0.4, 0.5) is 0 Å². The lowest BCUT2D eigenvalue weighted by Crippen LogP contribution is -2.89. The molecule has 0 N–H and O–H groups in total. The highest BCUT2D eigenvalue weighted by molar-refractivity contribution is 6.01. The largest absolute Gasteiger partial charge is 0.472 e. The summed E-state index contributed by atoms with van der Waals surface area (Å²) in [5.74, 6) is -4.89. The van der Waals surface area contributed by atoms with Gasteiger partial charge >= 0.3 is 11.9 Å². The van der Waals surface area contributed by atoms with Crippen LogP contribution in [0.15, 0.2) is 23.0 Å². The summed E-state index contributed by atoms with van der Waals surface area (Å²) in [5.41, 5.74) is -3.42. The summed E-state index contributed by atoms with van der Waals surface area (Å²) in [6.45, 7) is 15.8. The van der Waals surface area contributed by atoms with Crippen molar-refractivity contribution in [3.05, 3.63) is 24.2 Å². The van der Waals surface area contributed by atoms with Gasteiger partial charge in [-0.25, -0.2) is 0 Å². The minimum Gasteiger partial charge on any atom is -0.472 e. The Morgan fingerprint density at radius 3 is 2.48 bits per heavy atom. The van der Waals surface area contributed by atoms with E-state index in [1.54, 1.807) is 12.5 Å². The molecule has 4 heterocycles. The van der Waals surface area contributed by atoms with E-state index in [0.717, 1.165) is 12.0 Å². The molecule has 7 fully saturated rings. The minimum atomic E-state index is -1.41. The number of ether oxygens (including phenoxy) is 5. The molecule has 7 aliphatic rings. The van der Waals surface area contributed by atoms with Gasteiger partial charge in [0, 0.05) is 36.5 Å². The van der Waals surface area contributed by atoms with Gasteiger partial charge in [0.2, 0.25) is 0 Å². The smallest absolute Gasteiger partial charge is 0.317 e. The van der Waals surface area contributed by atoms with Crippen LogP contribution in [0.3, 0.4) is 0 Å². The van der Waals surface area contributed by atoms with E-state index in [1.165, 1.54) is 6.92 Å². The molecule has 42 heavy (non-hydrogen) atoms. The average molecular weight is 583 g/mol. The molecule has 8 rings (SSSR count). The lowest BCUT2D eigenvalue weighted by Gasteiger charge is -2.76. The number of fused-ring (bicyclic) bond motifs is 3. The van der Waals surface area contributed by atoms with Gasteiger partial charge in [0.25, 0.3) is 5.97 Å². The number of hydrogen-bond acceptors (Lipinski definition) is 9. The molecular weight excluding hydrogens is 540 g/mol. The third-order valence-electron chi connectivity index (χ3n) is 13.6. The van der Waals surface area contributed by atoms with Gasteiger partial charge in [-0.2, -0.15) is 0 Å². The summed E-state index contributed by atoms with van der Waals surface area (Å²) < 4.78 is 39.6. The highest BCUT2D eigenvalue weighted by Crippen LogP contribution is 2.88. The highest BCUT2D eigenvalue weighted by atomic mass is 16.9. The average Bonchev–Trinajstić information content (AvgIpc) is 3.57. The van der Waals surface area contributed by atoms with Gasteiger partial charge in [-0.05, 0) is 48.6 Å². The molecule has 13 unspecified atom stereocenters. The molecule has 1 aromatic rings. The van der Waals surface area contributed by atoms with Crippen LogP contribution in [0.5, 0.6) is 0 Å². The van der Waals surface area contributed by atoms with Crippen LogP contribution in [0.1, 0.15) is 80.2 Å². The van der Waals surface area contributed by atoms with E-state index in [9.17, 15) is 14.4 Å². The van der Waals surface area contributed by atoms with E-state index in [-0.39, 0.29) is 23.6 Å². The minimum absolute atomic E-state index is 0.0189. The second-order valence-corrected chi connectivity index (χ2v) is 15.7. The van der Waals surface area contributed by atoms with E-state index in [0.29, 0.717) is 19.3 Å². The Kier molecular flexibility index (Phi) is 4.89. The van der Waals surface area contributed by atoms with Crippen molar-refractivity contribution in [2.45, 2.75) is 116 Å². The number of rotatable bonds is 5. The summed E-state index contributed by atoms with van der Waals surface area (Å²) >= 11 is 0. The monoisotopic (exact) mass is 582 g/mol. The molecule has 3 saturated heterocycles. The van der Waals surface area contributed by atoms with Crippen LogP contribution in [0, 0.1) is 45.8 Å². The van der Waals surface area contributed by atoms with Crippen molar-refractivity contribution in [3.8, 4) is 0 Å².